The average Bonchev–Trinajstić information content (AvgIpc) is 2.90. The highest BCUT2D eigenvalue weighted by Gasteiger charge is 2.50. The Morgan fingerprint density at radius 3 is 2.44 bits per heavy atom. The van der Waals surface area contributed by atoms with E-state index in [4.69, 9.17) is 0 Å². The van der Waals surface area contributed by atoms with E-state index in [-0.39, 0.29) is 0 Å². The second kappa shape index (κ2) is 4.58. The van der Waals surface area contributed by atoms with Crippen molar-refractivity contribution in [2.24, 2.45) is 11.3 Å². The zero-order valence-corrected chi connectivity index (χ0v) is 10.7. The molecular formula is C15H23N. The van der Waals surface area contributed by atoms with Gasteiger partial charge in [-0.3, -0.25) is 0 Å². The first-order valence-corrected chi connectivity index (χ1v) is 6.43. The molecule has 1 aliphatic carbocycles. The van der Waals surface area contributed by atoms with Crippen molar-refractivity contribution >= 4 is 0 Å². The summed E-state index contributed by atoms with van der Waals surface area (Å²) in [6, 6.07) is 11.4. The van der Waals surface area contributed by atoms with E-state index in [9.17, 15) is 0 Å². The summed E-state index contributed by atoms with van der Waals surface area (Å²) < 4.78 is 0. The predicted octanol–water partition coefficient (Wildman–Crippen LogP) is 3.77. The molecule has 0 bridgehead atoms. The molecule has 1 aromatic carbocycles. The third-order valence-corrected chi connectivity index (χ3v) is 3.76. The van der Waals surface area contributed by atoms with Crippen LogP contribution in [0.3, 0.4) is 0 Å². The number of benzene rings is 1. The lowest BCUT2D eigenvalue weighted by Gasteiger charge is -2.20. The third-order valence-electron chi connectivity index (χ3n) is 3.76. The van der Waals surface area contributed by atoms with Gasteiger partial charge in [0.15, 0.2) is 0 Å². The lowest BCUT2D eigenvalue weighted by atomic mass is 9.97. The molecule has 1 nitrogen and oxygen atoms in total. The summed E-state index contributed by atoms with van der Waals surface area (Å²) in [4.78, 5) is 0. The Bertz CT molecular complexity index is 329. The van der Waals surface area contributed by atoms with Crippen LogP contribution in [0.4, 0.5) is 0 Å². The molecule has 16 heavy (non-hydrogen) atoms. The standard InChI is InChI=1S/C15H23N/c1-4-10-16-14(13-11-15(13,2)3)12-8-6-5-7-9-12/h5-9,13-14,16H,4,10-11H2,1-3H3. The zero-order chi connectivity index (χ0) is 11.6. The molecule has 0 aromatic heterocycles. The SMILES string of the molecule is CCCNC(c1ccccc1)C1CC1(C)C. The van der Waals surface area contributed by atoms with Gasteiger partial charge in [-0.25, -0.2) is 0 Å². The van der Waals surface area contributed by atoms with Gasteiger partial charge in [-0.05, 0) is 36.3 Å². The number of hydrogen-bond donors (Lipinski definition) is 1. The third kappa shape index (κ3) is 2.46. The lowest BCUT2D eigenvalue weighted by Crippen LogP contribution is -2.25. The number of hydrogen-bond acceptors (Lipinski definition) is 1. The molecule has 2 unspecified atom stereocenters. The molecule has 0 saturated heterocycles. The Morgan fingerprint density at radius 1 is 1.31 bits per heavy atom. The first-order chi connectivity index (χ1) is 7.65. The van der Waals surface area contributed by atoms with Crippen LogP contribution in [0, 0.1) is 11.3 Å². The summed E-state index contributed by atoms with van der Waals surface area (Å²) in [5.74, 6) is 0.807. The normalized spacial score (nSPS) is 24.1. The van der Waals surface area contributed by atoms with Gasteiger partial charge in [0.1, 0.15) is 0 Å². The highest BCUT2D eigenvalue weighted by Crippen LogP contribution is 2.57. The van der Waals surface area contributed by atoms with Crippen LogP contribution in [0.15, 0.2) is 30.3 Å². The maximum atomic E-state index is 3.70. The van der Waals surface area contributed by atoms with Crippen LogP contribution in [-0.4, -0.2) is 6.54 Å². The van der Waals surface area contributed by atoms with E-state index in [1.807, 2.05) is 0 Å². The van der Waals surface area contributed by atoms with Crippen molar-refractivity contribution in [1.82, 2.24) is 5.32 Å². The lowest BCUT2D eigenvalue weighted by molar-refractivity contribution is 0.416. The van der Waals surface area contributed by atoms with E-state index < -0.39 is 0 Å². The summed E-state index contributed by atoms with van der Waals surface area (Å²) in [5, 5.41) is 3.70. The van der Waals surface area contributed by atoms with E-state index in [0.717, 1.165) is 12.5 Å². The molecule has 0 spiro atoms. The van der Waals surface area contributed by atoms with Gasteiger partial charge in [0, 0.05) is 6.04 Å². The Balaban J connectivity index is 2.10. The van der Waals surface area contributed by atoms with Crippen molar-refractivity contribution in [2.45, 2.75) is 39.7 Å². The summed E-state index contributed by atoms with van der Waals surface area (Å²) >= 11 is 0. The van der Waals surface area contributed by atoms with Crippen molar-refractivity contribution in [3.8, 4) is 0 Å². The minimum Gasteiger partial charge on any atom is -0.310 e. The molecule has 88 valence electrons. The Hall–Kier alpha value is -0.820. The molecule has 0 heterocycles. The maximum Gasteiger partial charge on any atom is 0.0353 e. The second-order valence-electron chi connectivity index (χ2n) is 5.64. The van der Waals surface area contributed by atoms with Crippen LogP contribution in [0.2, 0.25) is 0 Å². The summed E-state index contributed by atoms with van der Waals surface area (Å²) in [7, 11) is 0. The topological polar surface area (TPSA) is 12.0 Å². The molecule has 1 fully saturated rings. The fourth-order valence-corrected chi connectivity index (χ4v) is 2.53. The molecule has 2 atom stereocenters. The van der Waals surface area contributed by atoms with Crippen molar-refractivity contribution in [3.63, 3.8) is 0 Å². The molecule has 1 N–H and O–H groups in total. The molecule has 1 saturated carbocycles. The fraction of sp³-hybridized carbons (Fsp3) is 0.600. The van der Waals surface area contributed by atoms with Gasteiger partial charge >= 0.3 is 0 Å². The summed E-state index contributed by atoms with van der Waals surface area (Å²) in [6.07, 6.45) is 2.56. The van der Waals surface area contributed by atoms with Crippen LogP contribution in [-0.2, 0) is 0 Å². The second-order valence-corrected chi connectivity index (χ2v) is 5.64. The highest BCUT2D eigenvalue weighted by atomic mass is 14.9. The molecular weight excluding hydrogens is 194 g/mol. The van der Waals surface area contributed by atoms with Crippen LogP contribution >= 0.6 is 0 Å². The predicted molar refractivity (Wildman–Crippen MR) is 69.4 cm³/mol. The number of rotatable bonds is 5. The van der Waals surface area contributed by atoms with Gasteiger partial charge < -0.3 is 5.32 Å². The van der Waals surface area contributed by atoms with E-state index in [2.05, 4.69) is 56.4 Å². The van der Waals surface area contributed by atoms with Gasteiger partial charge in [-0.1, -0.05) is 51.1 Å². The first kappa shape index (κ1) is 11.7. The largest absolute Gasteiger partial charge is 0.310 e. The Morgan fingerprint density at radius 2 is 1.94 bits per heavy atom. The Labute approximate surface area is 99.3 Å². The van der Waals surface area contributed by atoms with E-state index in [1.54, 1.807) is 0 Å². The van der Waals surface area contributed by atoms with Gasteiger partial charge in [0.05, 0.1) is 0 Å². The first-order valence-electron chi connectivity index (χ1n) is 6.43. The molecule has 0 radical (unpaired) electrons. The Kier molecular flexibility index (Phi) is 3.34. The van der Waals surface area contributed by atoms with Crippen LogP contribution in [0.5, 0.6) is 0 Å². The molecule has 1 heteroatoms. The molecule has 1 aliphatic rings. The van der Waals surface area contributed by atoms with E-state index >= 15 is 0 Å². The van der Waals surface area contributed by atoms with Crippen LogP contribution < -0.4 is 5.32 Å². The van der Waals surface area contributed by atoms with E-state index in [1.165, 1.54) is 18.4 Å². The molecule has 0 amide bonds. The monoisotopic (exact) mass is 217 g/mol. The molecule has 2 rings (SSSR count). The quantitative estimate of drug-likeness (QED) is 0.791. The smallest absolute Gasteiger partial charge is 0.0353 e. The van der Waals surface area contributed by atoms with Gasteiger partial charge in [-0.2, -0.15) is 0 Å². The van der Waals surface area contributed by atoms with Crippen molar-refractivity contribution in [2.75, 3.05) is 6.54 Å². The fourth-order valence-electron chi connectivity index (χ4n) is 2.53. The van der Waals surface area contributed by atoms with Crippen molar-refractivity contribution in [1.29, 1.82) is 0 Å². The van der Waals surface area contributed by atoms with Crippen LogP contribution in [0.1, 0.15) is 45.2 Å². The van der Waals surface area contributed by atoms with Gasteiger partial charge in [-0.15, -0.1) is 0 Å². The minimum atomic E-state index is 0.529. The number of nitrogens with one attached hydrogen (secondary N) is 1. The van der Waals surface area contributed by atoms with E-state index in [0.29, 0.717) is 11.5 Å². The van der Waals surface area contributed by atoms with Gasteiger partial charge in [0.25, 0.3) is 0 Å². The van der Waals surface area contributed by atoms with Crippen molar-refractivity contribution < 1.29 is 0 Å². The molecule has 0 aliphatic heterocycles. The minimum absolute atomic E-state index is 0.529. The maximum absolute atomic E-state index is 3.70. The van der Waals surface area contributed by atoms with Crippen LogP contribution in [0.25, 0.3) is 0 Å². The van der Waals surface area contributed by atoms with Crippen molar-refractivity contribution in [3.05, 3.63) is 35.9 Å². The zero-order valence-electron chi connectivity index (χ0n) is 10.7. The molecule has 1 aromatic rings. The van der Waals surface area contributed by atoms with Gasteiger partial charge in [0.2, 0.25) is 0 Å². The summed E-state index contributed by atoms with van der Waals surface area (Å²) in [5.41, 5.74) is 1.98. The average molecular weight is 217 g/mol. The highest BCUT2D eigenvalue weighted by molar-refractivity contribution is 5.23. The summed E-state index contributed by atoms with van der Waals surface area (Å²) in [6.45, 7) is 8.10.